The maximum absolute atomic E-state index is 12.0. The van der Waals surface area contributed by atoms with Crippen LogP contribution in [0, 0.1) is 11.3 Å². The quantitative estimate of drug-likeness (QED) is 0.373. The number of ketones is 1. The van der Waals surface area contributed by atoms with Crippen LogP contribution in [0.25, 0.3) is 0 Å². The van der Waals surface area contributed by atoms with Crippen molar-refractivity contribution in [3.05, 3.63) is 29.8 Å². The topological polar surface area (TPSA) is 105 Å². The summed E-state index contributed by atoms with van der Waals surface area (Å²) in [5.41, 5.74) is 0.492. The summed E-state index contributed by atoms with van der Waals surface area (Å²) in [5.74, 6) is -0.582. The first-order valence-electron chi connectivity index (χ1n) is 8.12. The zero-order valence-electron chi connectivity index (χ0n) is 14.2. The molecule has 0 atom stereocenters. The van der Waals surface area contributed by atoms with Gasteiger partial charge in [0.05, 0.1) is 25.5 Å². The summed E-state index contributed by atoms with van der Waals surface area (Å²) in [6, 6.07) is 8.62. The fraction of sp³-hybridized carbons (Fsp3) is 0.444. The van der Waals surface area contributed by atoms with Crippen LogP contribution in [0.15, 0.2) is 24.3 Å². The lowest BCUT2D eigenvalue weighted by Gasteiger charge is -2.06. The van der Waals surface area contributed by atoms with Crippen molar-refractivity contribution in [2.75, 3.05) is 19.8 Å². The third-order valence-electron chi connectivity index (χ3n) is 3.13. The van der Waals surface area contributed by atoms with Gasteiger partial charge in [-0.2, -0.15) is 5.26 Å². The second-order valence-electron chi connectivity index (χ2n) is 5.21. The van der Waals surface area contributed by atoms with Crippen molar-refractivity contribution in [3.63, 3.8) is 0 Å². The van der Waals surface area contributed by atoms with Crippen molar-refractivity contribution >= 4 is 17.7 Å². The molecule has 7 nitrogen and oxygen atoms in total. The molecule has 0 saturated heterocycles. The van der Waals surface area contributed by atoms with E-state index in [-0.39, 0.29) is 31.6 Å². The number of benzene rings is 1. The molecule has 0 unspecified atom stereocenters. The van der Waals surface area contributed by atoms with E-state index in [2.05, 4.69) is 5.32 Å². The van der Waals surface area contributed by atoms with Crippen molar-refractivity contribution in [2.24, 2.45) is 0 Å². The van der Waals surface area contributed by atoms with E-state index < -0.39 is 18.5 Å². The maximum atomic E-state index is 12.0. The summed E-state index contributed by atoms with van der Waals surface area (Å²) < 4.78 is 10.2. The first-order chi connectivity index (χ1) is 12.1. The van der Waals surface area contributed by atoms with Gasteiger partial charge in [0.2, 0.25) is 0 Å². The maximum Gasteiger partial charge on any atom is 0.306 e. The number of nitrogens with one attached hydrogen (secondary N) is 1. The zero-order valence-corrected chi connectivity index (χ0v) is 14.2. The Morgan fingerprint density at radius 3 is 2.52 bits per heavy atom. The number of nitriles is 1. The van der Waals surface area contributed by atoms with Crippen LogP contribution in [0.4, 0.5) is 0 Å². The Morgan fingerprint density at radius 2 is 1.88 bits per heavy atom. The van der Waals surface area contributed by atoms with Gasteiger partial charge in [-0.25, -0.2) is 0 Å². The van der Waals surface area contributed by atoms with Gasteiger partial charge in [-0.05, 0) is 30.7 Å². The van der Waals surface area contributed by atoms with Gasteiger partial charge in [0, 0.05) is 18.5 Å². The van der Waals surface area contributed by atoms with E-state index in [4.69, 9.17) is 14.7 Å². The van der Waals surface area contributed by atoms with Crippen molar-refractivity contribution in [1.29, 1.82) is 5.26 Å². The largest absolute Gasteiger partial charge is 0.494 e. The van der Waals surface area contributed by atoms with E-state index in [9.17, 15) is 14.4 Å². The lowest BCUT2D eigenvalue weighted by molar-refractivity contribution is -0.148. The van der Waals surface area contributed by atoms with Crippen LogP contribution in [0.5, 0.6) is 5.75 Å². The summed E-state index contributed by atoms with van der Waals surface area (Å²) in [6.07, 6.45) is 0.998. The van der Waals surface area contributed by atoms with Crippen molar-refractivity contribution < 1.29 is 23.9 Å². The lowest BCUT2D eigenvalue weighted by atomic mass is 10.1. The van der Waals surface area contributed by atoms with Gasteiger partial charge in [0.15, 0.2) is 12.4 Å². The van der Waals surface area contributed by atoms with Crippen molar-refractivity contribution in [1.82, 2.24) is 5.32 Å². The highest BCUT2D eigenvalue weighted by Crippen LogP contribution is 2.14. The molecule has 0 aliphatic heterocycles. The zero-order chi connectivity index (χ0) is 18.5. The molecule has 0 heterocycles. The van der Waals surface area contributed by atoms with Crippen LogP contribution >= 0.6 is 0 Å². The molecule has 1 rings (SSSR count). The van der Waals surface area contributed by atoms with Gasteiger partial charge < -0.3 is 14.8 Å². The molecule has 0 aromatic heterocycles. The van der Waals surface area contributed by atoms with Gasteiger partial charge in [-0.15, -0.1) is 0 Å². The molecule has 1 amide bonds. The molecule has 1 aromatic rings. The number of nitrogens with zero attached hydrogens (tertiary/aromatic N) is 1. The number of ether oxygens (including phenoxy) is 2. The third-order valence-corrected chi connectivity index (χ3v) is 3.13. The molecular formula is C18H22N2O5. The summed E-state index contributed by atoms with van der Waals surface area (Å²) in [6.45, 7) is 2.42. The molecule has 0 aliphatic rings. The fourth-order valence-electron chi connectivity index (χ4n) is 1.84. The van der Waals surface area contributed by atoms with Crippen LogP contribution in [-0.2, 0) is 14.3 Å². The molecule has 0 spiro atoms. The van der Waals surface area contributed by atoms with Crippen molar-refractivity contribution in [3.8, 4) is 11.8 Å². The SMILES string of the molecule is CCCOc1ccc(C(=O)CCC(=O)OCC(=O)NCCC#N)cc1. The van der Waals surface area contributed by atoms with Crippen LogP contribution in [0.1, 0.15) is 43.0 Å². The Balaban J connectivity index is 2.29. The predicted octanol–water partition coefficient (Wildman–Crippen LogP) is 2.01. The highest BCUT2D eigenvalue weighted by Gasteiger charge is 2.12. The number of carbonyl (C=O) groups excluding carboxylic acids is 3. The second-order valence-corrected chi connectivity index (χ2v) is 5.21. The van der Waals surface area contributed by atoms with Gasteiger partial charge in [0.25, 0.3) is 5.91 Å². The van der Waals surface area contributed by atoms with E-state index in [1.807, 2.05) is 13.0 Å². The average Bonchev–Trinajstić information content (AvgIpc) is 2.63. The molecule has 1 N–H and O–H groups in total. The highest BCUT2D eigenvalue weighted by atomic mass is 16.5. The van der Waals surface area contributed by atoms with Gasteiger partial charge in [-0.3, -0.25) is 14.4 Å². The normalized spacial score (nSPS) is 9.76. The Labute approximate surface area is 146 Å². The Bertz CT molecular complexity index is 619. The minimum atomic E-state index is -0.619. The van der Waals surface area contributed by atoms with E-state index >= 15 is 0 Å². The number of hydrogen-bond acceptors (Lipinski definition) is 6. The van der Waals surface area contributed by atoms with Gasteiger partial charge in [0.1, 0.15) is 5.75 Å². The molecule has 7 heteroatoms. The Morgan fingerprint density at radius 1 is 1.16 bits per heavy atom. The van der Waals surface area contributed by atoms with Gasteiger partial charge in [-0.1, -0.05) is 6.92 Å². The Kier molecular flexibility index (Phi) is 9.38. The first kappa shape index (κ1) is 20.2. The standard InChI is InChI=1S/C18H22N2O5/c1-2-12-24-15-6-4-14(5-7-15)16(21)8-9-18(23)25-13-17(22)20-11-3-10-19/h4-7H,2-3,8-9,11-13H2,1H3,(H,20,22). The Hall–Kier alpha value is -2.88. The molecule has 0 radical (unpaired) electrons. The number of carbonyl (C=O) groups is 3. The second kappa shape index (κ2) is 11.6. The summed E-state index contributed by atoms with van der Waals surface area (Å²) in [7, 11) is 0. The number of amides is 1. The number of Topliss-reactive ketones (excluding diaryl/α,β-unsaturated/α-hetero) is 1. The first-order valence-corrected chi connectivity index (χ1v) is 8.12. The smallest absolute Gasteiger partial charge is 0.306 e. The van der Waals surface area contributed by atoms with E-state index in [1.54, 1.807) is 24.3 Å². The van der Waals surface area contributed by atoms with Gasteiger partial charge >= 0.3 is 5.97 Å². The minimum Gasteiger partial charge on any atom is -0.494 e. The molecule has 0 aliphatic carbocycles. The van der Waals surface area contributed by atoms with E-state index in [0.717, 1.165) is 6.42 Å². The van der Waals surface area contributed by atoms with Crippen LogP contribution in [0.2, 0.25) is 0 Å². The van der Waals surface area contributed by atoms with E-state index in [1.165, 1.54) is 0 Å². The predicted molar refractivity (Wildman–Crippen MR) is 90.0 cm³/mol. The minimum absolute atomic E-state index is 0.00402. The van der Waals surface area contributed by atoms with E-state index in [0.29, 0.717) is 17.9 Å². The fourth-order valence-corrected chi connectivity index (χ4v) is 1.84. The van der Waals surface area contributed by atoms with Crippen LogP contribution < -0.4 is 10.1 Å². The average molecular weight is 346 g/mol. The number of hydrogen-bond donors (Lipinski definition) is 1. The van der Waals surface area contributed by atoms with Crippen molar-refractivity contribution in [2.45, 2.75) is 32.6 Å². The summed E-state index contributed by atoms with van der Waals surface area (Å²) in [5, 5.41) is 10.8. The lowest BCUT2D eigenvalue weighted by Crippen LogP contribution is -2.29. The molecule has 134 valence electrons. The molecule has 0 bridgehead atoms. The molecule has 25 heavy (non-hydrogen) atoms. The highest BCUT2D eigenvalue weighted by molar-refractivity contribution is 5.97. The monoisotopic (exact) mass is 346 g/mol. The molecule has 0 fully saturated rings. The molecule has 0 saturated carbocycles. The van der Waals surface area contributed by atoms with Crippen LogP contribution in [0.3, 0.4) is 0 Å². The summed E-state index contributed by atoms with van der Waals surface area (Å²) in [4.78, 5) is 34.9. The number of esters is 1. The summed E-state index contributed by atoms with van der Waals surface area (Å²) >= 11 is 0. The number of rotatable bonds is 11. The molecular weight excluding hydrogens is 324 g/mol. The third kappa shape index (κ3) is 8.51. The van der Waals surface area contributed by atoms with Crippen LogP contribution in [-0.4, -0.2) is 37.4 Å². The molecule has 1 aromatic carbocycles.